The molecule has 0 radical (unpaired) electrons. The van der Waals surface area contributed by atoms with E-state index in [4.69, 9.17) is 0 Å². The Morgan fingerprint density at radius 1 is 1.31 bits per heavy atom. The van der Waals surface area contributed by atoms with E-state index in [0.717, 1.165) is 16.0 Å². The predicted octanol–water partition coefficient (Wildman–Crippen LogP) is 4.53. The van der Waals surface area contributed by atoms with Gasteiger partial charge in [-0.1, -0.05) is 30.3 Å². The van der Waals surface area contributed by atoms with Gasteiger partial charge in [-0.2, -0.15) is 0 Å². The summed E-state index contributed by atoms with van der Waals surface area (Å²) in [6.07, 6.45) is 2.44. The number of rotatable bonds is 7. The second-order valence-electron chi connectivity index (χ2n) is 7.69. The summed E-state index contributed by atoms with van der Waals surface area (Å²) in [5.41, 5.74) is 1.81. The number of carbonyl (C=O) groups is 1. The first-order chi connectivity index (χ1) is 14.0. The maximum atomic E-state index is 12.7. The highest BCUT2D eigenvalue weighted by Gasteiger charge is 2.33. The average molecular weight is 428 g/mol. The lowest BCUT2D eigenvalue weighted by Crippen LogP contribution is -2.40. The molecule has 2 aromatic heterocycles. The van der Waals surface area contributed by atoms with Crippen LogP contribution in [0.1, 0.15) is 32.5 Å². The Balaban J connectivity index is 1.47. The highest BCUT2D eigenvalue weighted by atomic mass is 32.2. The lowest BCUT2D eigenvalue weighted by atomic mass is 10.1. The van der Waals surface area contributed by atoms with Gasteiger partial charge in [0.2, 0.25) is 5.91 Å². The summed E-state index contributed by atoms with van der Waals surface area (Å²) < 4.78 is 0. The number of aromatic nitrogens is 2. The summed E-state index contributed by atoms with van der Waals surface area (Å²) in [6.45, 7) is 4.06. The fraction of sp³-hybridized carbons (Fsp3) is 0.409. The van der Waals surface area contributed by atoms with Gasteiger partial charge in [-0.15, -0.1) is 23.1 Å². The van der Waals surface area contributed by atoms with Crippen LogP contribution in [0.15, 0.2) is 40.5 Å². The number of amides is 1. The van der Waals surface area contributed by atoms with Crippen molar-refractivity contribution in [3.63, 3.8) is 0 Å². The number of benzene rings is 1. The molecule has 7 heteroatoms. The fourth-order valence-corrected chi connectivity index (χ4v) is 5.37. The molecule has 152 valence electrons. The van der Waals surface area contributed by atoms with Crippen LogP contribution in [0, 0.1) is 5.92 Å². The first kappa shape index (κ1) is 20.2. The van der Waals surface area contributed by atoms with Crippen LogP contribution in [0.4, 0.5) is 0 Å². The minimum atomic E-state index is -0.176. The lowest BCUT2D eigenvalue weighted by molar-refractivity contribution is -0.131. The zero-order valence-electron chi connectivity index (χ0n) is 16.8. The van der Waals surface area contributed by atoms with E-state index in [9.17, 15) is 9.59 Å². The molecule has 2 unspecified atom stereocenters. The minimum absolute atomic E-state index is 0.121. The van der Waals surface area contributed by atoms with Gasteiger partial charge in [0, 0.05) is 24.0 Å². The molecule has 0 saturated heterocycles. The molecule has 1 amide bonds. The maximum Gasteiger partial charge on any atom is 0.260 e. The number of hydrogen-bond acceptors (Lipinski definition) is 5. The summed E-state index contributed by atoms with van der Waals surface area (Å²) in [6, 6.07) is 10.2. The van der Waals surface area contributed by atoms with Gasteiger partial charge in [-0.25, -0.2) is 4.98 Å². The van der Waals surface area contributed by atoms with E-state index in [2.05, 4.69) is 16.9 Å². The molecule has 1 fully saturated rings. The molecule has 5 nitrogen and oxygen atoms in total. The number of thiophene rings is 1. The van der Waals surface area contributed by atoms with Crippen molar-refractivity contribution >= 4 is 39.2 Å². The van der Waals surface area contributed by atoms with Crippen LogP contribution < -0.4 is 5.56 Å². The molecule has 1 saturated carbocycles. The molecule has 0 bridgehead atoms. The van der Waals surface area contributed by atoms with Crippen molar-refractivity contribution < 1.29 is 4.79 Å². The van der Waals surface area contributed by atoms with Gasteiger partial charge >= 0.3 is 0 Å². The van der Waals surface area contributed by atoms with Crippen LogP contribution in [0.3, 0.4) is 0 Å². The third kappa shape index (κ3) is 4.26. The quantitative estimate of drug-likeness (QED) is 0.602. The molecule has 0 spiro atoms. The number of thioether (sulfide) groups is 1. The second-order valence-corrected chi connectivity index (χ2v) is 9.88. The first-order valence-corrected chi connectivity index (χ1v) is 11.8. The number of carbonyl (C=O) groups excluding carboxylic acids is 1. The Labute approximate surface area is 178 Å². The Morgan fingerprint density at radius 2 is 2.03 bits per heavy atom. The summed E-state index contributed by atoms with van der Waals surface area (Å²) in [7, 11) is 1.89. The van der Waals surface area contributed by atoms with Crippen LogP contribution in [0.5, 0.6) is 0 Å². The van der Waals surface area contributed by atoms with E-state index in [1.54, 1.807) is 0 Å². The number of fused-ring (bicyclic) bond motifs is 1. The zero-order valence-corrected chi connectivity index (χ0v) is 18.5. The van der Waals surface area contributed by atoms with Gasteiger partial charge in [-0.05, 0) is 38.2 Å². The first-order valence-electron chi connectivity index (χ1n) is 9.89. The topological polar surface area (TPSA) is 66.1 Å². The van der Waals surface area contributed by atoms with Crippen LogP contribution in [0.25, 0.3) is 21.3 Å². The molecule has 2 heterocycles. The van der Waals surface area contributed by atoms with Gasteiger partial charge < -0.3 is 9.88 Å². The Bertz CT molecular complexity index is 1070. The third-order valence-electron chi connectivity index (χ3n) is 5.66. The Morgan fingerprint density at radius 3 is 2.72 bits per heavy atom. The van der Waals surface area contributed by atoms with Crippen molar-refractivity contribution in [1.29, 1.82) is 0 Å². The van der Waals surface area contributed by atoms with Crippen molar-refractivity contribution in [2.24, 2.45) is 5.92 Å². The summed E-state index contributed by atoms with van der Waals surface area (Å²) >= 11 is 3.00. The smallest absolute Gasteiger partial charge is 0.260 e. The van der Waals surface area contributed by atoms with Gasteiger partial charge in [0.1, 0.15) is 10.7 Å². The van der Waals surface area contributed by atoms with Crippen LogP contribution in [0.2, 0.25) is 0 Å². The van der Waals surface area contributed by atoms with Crippen molar-refractivity contribution in [3.8, 4) is 11.1 Å². The SMILES string of the molecule is CC(SCc1nc2scc(-c3ccccc3)c2c(=O)[nH]1)C(=O)N(C)C(C)C1CC1. The normalized spacial score (nSPS) is 16.0. The molecule has 1 aliphatic rings. The highest BCUT2D eigenvalue weighted by molar-refractivity contribution is 7.99. The molecule has 4 rings (SSSR count). The van der Waals surface area contributed by atoms with Crippen LogP contribution in [-0.4, -0.2) is 39.1 Å². The third-order valence-corrected chi connectivity index (χ3v) is 7.67. The number of hydrogen-bond donors (Lipinski definition) is 1. The van der Waals surface area contributed by atoms with E-state index in [1.165, 1.54) is 35.9 Å². The Hall–Kier alpha value is -2.12. The average Bonchev–Trinajstić information content (AvgIpc) is 3.50. The standard InChI is InChI=1S/C22H25N3O2S2/c1-13(15-9-10-15)25(3)22(27)14(2)28-12-18-23-20(26)19-17(11-29-21(19)24-18)16-7-5-4-6-8-16/h4-8,11,13-15H,9-10,12H2,1-3H3,(H,23,24,26). The Kier molecular flexibility index (Phi) is 5.79. The molecule has 1 aliphatic carbocycles. The van der Waals surface area contributed by atoms with Gasteiger partial charge in [-0.3, -0.25) is 9.59 Å². The largest absolute Gasteiger partial charge is 0.342 e. The van der Waals surface area contributed by atoms with Crippen molar-refractivity contribution in [3.05, 3.63) is 51.9 Å². The minimum Gasteiger partial charge on any atom is -0.342 e. The van der Waals surface area contributed by atoms with Crippen molar-refractivity contribution in [1.82, 2.24) is 14.9 Å². The van der Waals surface area contributed by atoms with E-state index in [-0.39, 0.29) is 16.7 Å². The van der Waals surface area contributed by atoms with Gasteiger partial charge in [0.25, 0.3) is 5.56 Å². The molecule has 2 atom stereocenters. The van der Waals surface area contributed by atoms with E-state index >= 15 is 0 Å². The molecular formula is C22H25N3O2S2. The summed E-state index contributed by atoms with van der Waals surface area (Å²) in [5.74, 6) is 1.91. The molecule has 29 heavy (non-hydrogen) atoms. The molecule has 3 aromatic rings. The summed E-state index contributed by atoms with van der Waals surface area (Å²) in [4.78, 5) is 35.6. The zero-order chi connectivity index (χ0) is 20.5. The molecular weight excluding hydrogens is 402 g/mol. The van der Waals surface area contributed by atoms with E-state index in [1.807, 2.05) is 54.6 Å². The van der Waals surface area contributed by atoms with Gasteiger partial charge in [0.15, 0.2) is 0 Å². The molecule has 1 N–H and O–H groups in total. The number of nitrogens with one attached hydrogen (secondary N) is 1. The molecule has 1 aromatic carbocycles. The summed E-state index contributed by atoms with van der Waals surface area (Å²) in [5, 5.41) is 2.45. The van der Waals surface area contributed by atoms with Crippen molar-refractivity contribution in [2.75, 3.05) is 7.05 Å². The number of aromatic amines is 1. The van der Waals surface area contributed by atoms with Crippen LogP contribution >= 0.6 is 23.1 Å². The molecule has 0 aliphatic heterocycles. The maximum absolute atomic E-state index is 12.7. The van der Waals surface area contributed by atoms with Gasteiger partial charge in [0.05, 0.1) is 16.4 Å². The van der Waals surface area contributed by atoms with Crippen LogP contribution in [-0.2, 0) is 10.5 Å². The number of H-pyrrole nitrogens is 1. The van der Waals surface area contributed by atoms with E-state index in [0.29, 0.717) is 28.9 Å². The fourth-order valence-electron chi connectivity index (χ4n) is 3.55. The highest BCUT2D eigenvalue weighted by Crippen LogP contribution is 2.35. The number of nitrogens with zero attached hydrogens (tertiary/aromatic N) is 2. The van der Waals surface area contributed by atoms with Crippen molar-refractivity contribution in [2.45, 2.75) is 43.7 Å². The predicted molar refractivity (Wildman–Crippen MR) is 121 cm³/mol. The lowest BCUT2D eigenvalue weighted by Gasteiger charge is -2.27. The monoisotopic (exact) mass is 427 g/mol. The van der Waals surface area contributed by atoms with E-state index < -0.39 is 0 Å². The second kappa shape index (κ2) is 8.32.